The van der Waals surface area contributed by atoms with Crippen LogP contribution in [-0.2, 0) is 17.9 Å². The molecule has 176 valence electrons. The molecule has 0 spiro atoms. The number of carbonyl (C=O) groups is 2. The van der Waals surface area contributed by atoms with E-state index in [0.717, 1.165) is 45.0 Å². The van der Waals surface area contributed by atoms with Crippen molar-refractivity contribution < 1.29 is 9.59 Å². The number of nitrogens with zero attached hydrogens (tertiary/aromatic N) is 2. The third-order valence-electron chi connectivity index (χ3n) is 6.12. The maximum atomic E-state index is 12.5. The summed E-state index contributed by atoms with van der Waals surface area (Å²) >= 11 is 0. The molecule has 34 heavy (non-hydrogen) atoms. The third-order valence-corrected chi connectivity index (χ3v) is 6.12. The zero-order valence-electron chi connectivity index (χ0n) is 19.6. The number of anilines is 1. The molecule has 1 heterocycles. The van der Waals surface area contributed by atoms with Gasteiger partial charge in [-0.15, -0.1) is 0 Å². The van der Waals surface area contributed by atoms with E-state index in [4.69, 9.17) is 0 Å². The molecule has 0 aromatic heterocycles. The highest BCUT2D eigenvalue weighted by Crippen LogP contribution is 2.14. The molecular weight excluding hydrogens is 424 g/mol. The fourth-order valence-corrected chi connectivity index (χ4v) is 4.08. The van der Waals surface area contributed by atoms with E-state index < -0.39 is 6.04 Å². The van der Waals surface area contributed by atoms with Crippen LogP contribution in [0.3, 0.4) is 0 Å². The maximum absolute atomic E-state index is 12.5. The van der Waals surface area contributed by atoms with Crippen LogP contribution in [0, 0.1) is 0 Å². The summed E-state index contributed by atoms with van der Waals surface area (Å²) in [7, 11) is 0. The first-order chi connectivity index (χ1) is 16.6. The summed E-state index contributed by atoms with van der Waals surface area (Å²) in [5.74, 6) is -0.506. The van der Waals surface area contributed by atoms with Gasteiger partial charge in [0.25, 0.3) is 5.91 Å². The topological polar surface area (TPSA) is 64.7 Å². The van der Waals surface area contributed by atoms with E-state index in [0.29, 0.717) is 5.56 Å². The van der Waals surface area contributed by atoms with Gasteiger partial charge in [-0.2, -0.15) is 0 Å². The Kier molecular flexibility index (Phi) is 8.07. The predicted octanol–water partition coefficient (Wildman–Crippen LogP) is 3.76. The lowest BCUT2D eigenvalue weighted by Gasteiger charge is -2.34. The van der Waals surface area contributed by atoms with Crippen molar-refractivity contribution in [1.82, 2.24) is 15.1 Å². The number of rotatable bonds is 8. The van der Waals surface area contributed by atoms with Gasteiger partial charge in [-0.25, -0.2) is 0 Å². The lowest BCUT2D eigenvalue weighted by Crippen LogP contribution is -2.45. The fraction of sp³-hybridized carbons (Fsp3) is 0.286. The molecule has 6 heteroatoms. The Morgan fingerprint density at radius 2 is 1.24 bits per heavy atom. The van der Waals surface area contributed by atoms with Gasteiger partial charge in [-0.05, 0) is 42.3 Å². The predicted molar refractivity (Wildman–Crippen MR) is 135 cm³/mol. The SMILES string of the molecule is CC(NC(=O)c1ccccc1)C(=O)Nc1ccc(CN2CCN(Cc3ccccc3)CC2)cc1. The highest BCUT2D eigenvalue weighted by Gasteiger charge is 2.18. The van der Waals surface area contributed by atoms with Crippen LogP contribution in [0.4, 0.5) is 5.69 Å². The molecule has 1 aliphatic rings. The molecule has 0 bridgehead atoms. The molecule has 1 unspecified atom stereocenters. The van der Waals surface area contributed by atoms with Crippen molar-refractivity contribution in [2.24, 2.45) is 0 Å². The van der Waals surface area contributed by atoms with Crippen molar-refractivity contribution in [3.05, 3.63) is 102 Å². The van der Waals surface area contributed by atoms with Crippen LogP contribution in [-0.4, -0.2) is 53.8 Å². The molecule has 2 amide bonds. The van der Waals surface area contributed by atoms with Gasteiger partial charge in [0.05, 0.1) is 0 Å². The van der Waals surface area contributed by atoms with Gasteiger partial charge in [0.15, 0.2) is 0 Å². The van der Waals surface area contributed by atoms with Gasteiger partial charge in [0.1, 0.15) is 6.04 Å². The highest BCUT2D eigenvalue weighted by atomic mass is 16.2. The van der Waals surface area contributed by atoms with Crippen LogP contribution in [0.2, 0.25) is 0 Å². The second-order valence-corrected chi connectivity index (χ2v) is 8.79. The lowest BCUT2D eigenvalue weighted by molar-refractivity contribution is -0.117. The minimum atomic E-state index is -0.639. The van der Waals surface area contributed by atoms with Gasteiger partial charge >= 0.3 is 0 Å². The van der Waals surface area contributed by atoms with Crippen molar-refractivity contribution in [3.8, 4) is 0 Å². The molecule has 3 aromatic rings. The summed E-state index contributed by atoms with van der Waals surface area (Å²) < 4.78 is 0. The summed E-state index contributed by atoms with van der Waals surface area (Å²) in [5, 5.41) is 5.62. The van der Waals surface area contributed by atoms with Crippen LogP contribution in [0.5, 0.6) is 0 Å². The summed E-state index contributed by atoms with van der Waals surface area (Å²) in [4.78, 5) is 29.7. The Morgan fingerprint density at radius 3 is 1.79 bits per heavy atom. The Bertz CT molecular complexity index is 1060. The molecule has 3 aromatic carbocycles. The highest BCUT2D eigenvalue weighted by molar-refractivity contribution is 6.00. The molecule has 0 aliphatic carbocycles. The molecule has 1 aliphatic heterocycles. The fourth-order valence-electron chi connectivity index (χ4n) is 4.08. The Morgan fingerprint density at radius 1 is 0.735 bits per heavy atom. The molecule has 1 atom stereocenters. The molecular formula is C28H32N4O2. The Labute approximate surface area is 201 Å². The smallest absolute Gasteiger partial charge is 0.251 e. The number of benzene rings is 3. The maximum Gasteiger partial charge on any atom is 0.251 e. The first-order valence-corrected chi connectivity index (χ1v) is 11.8. The van der Waals surface area contributed by atoms with E-state index in [9.17, 15) is 9.59 Å². The van der Waals surface area contributed by atoms with Crippen molar-refractivity contribution in [1.29, 1.82) is 0 Å². The normalized spacial score (nSPS) is 15.4. The average molecular weight is 457 g/mol. The van der Waals surface area contributed by atoms with Gasteiger partial charge in [0, 0.05) is 50.5 Å². The van der Waals surface area contributed by atoms with E-state index in [-0.39, 0.29) is 11.8 Å². The van der Waals surface area contributed by atoms with E-state index >= 15 is 0 Å². The van der Waals surface area contributed by atoms with Crippen molar-refractivity contribution in [2.45, 2.75) is 26.1 Å². The number of piperazine rings is 1. The van der Waals surface area contributed by atoms with Crippen molar-refractivity contribution >= 4 is 17.5 Å². The van der Waals surface area contributed by atoms with Crippen molar-refractivity contribution in [3.63, 3.8) is 0 Å². The van der Waals surface area contributed by atoms with E-state index in [1.54, 1.807) is 31.2 Å². The first-order valence-electron chi connectivity index (χ1n) is 11.8. The minimum absolute atomic E-state index is 0.244. The molecule has 1 saturated heterocycles. The number of hydrogen-bond donors (Lipinski definition) is 2. The summed E-state index contributed by atoms with van der Waals surface area (Å²) in [6, 6.07) is 26.8. The van der Waals surface area contributed by atoms with Crippen LogP contribution in [0.1, 0.15) is 28.4 Å². The largest absolute Gasteiger partial charge is 0.341 e. The lowest BCUT2D eigenvalue weighted by atomic mass is 10.1. The van der Waals surface area contributed by atoms with E-state index in [1.165, 1.54) is 11.1 Å². The molecule has 1 fully saturated rings. The Hall–Kier alpha value is -3.48. The zero-order valence-corrected chi connectivity index (χ0v) is 19.6. The standard InChI is InChI=1S/C28H32N4O2/c1-22(29-28(34)25-10-6-3-7-11-25)27(33)30-26-14-12-24(13-15-26)21-32-18-16-31(17-19-32)20-23-8-4-2-5-9-23/h2-15,22H,16-21H2,1H3,(H,29,34)(H,30,33). The number of carbonyl (C=O) groups excluding carboxylic acids is 2. The minimum Gasteiger partial charge on any atom is -0.341 e. The molecule has 4 rings (SSSR count). The van der Waals surface area contributed by atoms with Crippen LogP contribution in [0.25, 0.3) is 0 Å². The van der Waals surface area contributed by atoms with Gasteiger partial charge in [0.2, 0.25) is 5.91 Å². The van der Waals surface area contributed by atoms with Crippen molar-refractivity contribution in [2.75, 3.05) is 31.5 Å². The second-order valence-electron chi connectivity index (χ2n) is 8.79. The quantitative estimate of drug-likeness (QED) is 0.542. The van der Waals surface area contributed by atoms with E-state index in [1.807, 2.05) is 18.2 Å². The van der Waals surface area contributed by atoms with Gasteiger partial charge in [-0.1, -0.05) is 60.7 Å². The number of amides is 2. The summed E-state index contributed by atoms with van der Waals surface area (Å²) in [5.41, 5.74) is 3.84. The number of hydrogen-bond acceptors (Lipinski definition) is 4. The zero-order chi connectivity index (χ0) is 23.8. The molecule has 6 nitrogen and oxygen atoms in total. The monoisotopic (exact) mass is 456 g/mol. The first kappa shape index (κ1) is 23.7. The second kappa shape index (κ2) is 11.6. The average Bonchev–Trinajstić information content (AvgIpc) is 2.87. The van der Waals surface area contributed by atoms with E-state index in [2.05, 4.69) is 62.9 Å². The molecule has 0 radical (unpaired) electrons. The van der Waals surface area contributed by atoms with Gasteiger partial charge in [-0.3, -0.25) is 19.4 Å². The third kappa shape index (κ3) is 6.76. The molecule has 0 saturated carbocycles. The summed E-state index contributed by atoms with van der Waals surface area (Å²) in [6.45, 7) is 7.81. The van der Waals surface area contributed by atoms with Crippen LogP contribution >= 0.6 is 0 Å². The van der Waals surface area contributed by atoms with Crippen LogP contribution in [0.15, 0.2) is 84.9 Å². The Balaban J connectivity index is 1.21. The van der Waals surface area contributed by atoms with Gasteiger partial charge < -0.3 is 10.6 Å². The summed E-state index contributed by atoms with van der Waals surface area (Å²) in [6.07, 6.45) is 0. The molecule has 2 N–H and O–H groups in total. The van der Waals surface area contributed by atoms with Crippen LogP contribution < -0.4 is 10.6 Å². The number of nitrogens with one attached hydrogen (secondary N) is 2.